The van der Waals surface area contributed by atoms with E-state index >= 15 is 0 Å². The topological polar surface area (TPSA) is 44.8 Å². The molecule has 0 aromatic heterocycles. The third-order valence-electron chi connectivity index (χ3n) is 7.79. The maximum Gasteiger partial charge on any atom is 0.437 e. The summed E-state index contributed by atoms with van der Waals surface area (Å²) >= 11 is 0. The summed E-state index contributed by atoms with van der Waals surface area (Å²) in [5, 5.41) is 0. The van der Waals surface area contributed by atoms with E-state index in [1.54, 1.807) is 0 Å². The molecule has 2 saturated carbocycles. The molecular formula is C21H26F12O4. The van der Waals surface area contributed by atoms with E-state index < -0.39 is 104 Å². The van der Waals surface area contributed by atoms with Gasteiger partial charge in [-0.05, 0) is 37.0 Å². The van der Waals surface area contributed by atoms with Gasteiger partial charge in [0.1, 0.15) is 6.79 Å². The standard InChI is InChI=1S/C21H26F12O4/c1-5-13(34)37-17(20(28,29)30,21(31,32)33)15-12-7-11(9(3)10(12)4)14(15)16(18(22,23)24,19(25,26)27)36-8-35-6-2/h9-12,14-15H,5-8H2,1-4H3. The number of hydrogen-bond acceptors (Lipinski definition) is 4. The summed E-state index contributed by atoms with van der Waals surface area (Å²) in [6, 6.07) is 0. The smallest absolute Gasteiger partial charge is 0.437 e. The van der Waals surface area contributed by atoms with Gasteiger partial charge in [0.15, 0.2) is 0 Å². The lowest BCUT2D eigenvalue weighted by molar-refractivity contribution is -0.441. The molecule has 37 heavy (non-hydrogen) atoms. The maximum absolute atomic E-state index is 14.4. The van der Waals surface area contributed by atoms with E-state index in [9.17, 15) is 57.5 Å². The van der Waals surface area contributed by atoms with Crippen LogP contribution in [0.1, 0.15) is 40.5 Å². The van der Waals surface area contributed by atoms with Gasteiger partial charge in [0.05, 0.1) is 0 Å². The molecule has 0 N–H and O–H groups in total. The van der Waals surface area contributed by atoms with Crippen molar-refractivity contribution < 1.29 is 71.7 Å². The highest BCUT2D eigenvalue weighted by Gasteiger charge is 2.88. The SMILES string of the molecule is CCOCOC(C1C2CC(C(C)C2C)C1C(OC(=O)CC)(C(F)(F)F)C(F)(F)F)(C(F)(F)F)C(F)(F)F. The zero-order chi connectivity index (χ0) is 29.0. The average Bonchev–Trinajstić information content (AvgIpc) is 3.22. The second kappa shape index (κ2) is 9.94. The van der Waals surface area contributed by atoms with Crippen LogP contribution in [0.3, 0.4) is 0 Å². The Morgan fingerprint density at radius 1 is 0.703 bits per heavy atom. The van der Waals surface area contributed by atoms with Crippen LogP contribution in [0.15, 0.2) is 0 Å². The van der Waals surface area contributed by atoms with Gasteiger partial charge in [-0.3, -0.25) is 4.79 Å². The number of carbonyl (C=O) groups is 1. The second-order valence-corrected chi connectivity index (χ2v) is 9.38. The molecule has 0 radical (unpaired) electrons. The van der Waals surface area contributed by atoms with Gasteiger partial charge in [0.25, 0.3) is 5.60 Å². The summed E-state index contributed by atoms with van der Waals surface area (Å²) in [5.74, 6) is -15.3. The van der Waals surface area contributed by atoms with E-state index in [1.165, 1.54) is 6.92 Å². The van der Waals surface area contributed by atoms with Crippen LogP contribution in [0, 0.1) is 35.5 Å². The molecule has 0 spiro atoms. The first-order chi connectivity index (χ1) is 16.6. The van der Waals surface area contributed by atoms with Gasteiger partial charge < -0.3 is 14.2 Å². The first-order valence-electron chi connectivity index (χ1n) is 11.3. The molecule has 4 nitrogen and oxygen atoms in total. The molecule has 0 heterocycles. The number of esters is 1. The molecule has 6 unspecified atom stereocenters. The predicted octanol–water partition coefficient (Wildman–Crippen LogP) is 6.83. The van der Waals surface area contributed by atoms with Gasteiger partial charge in [0.2, 0.25) is 0 Å². The average molecular weight is 570 g/mol. The van der Waals surface area contributed by atoms with Crippen LogP contribution >= 0.6 is 0 Å². The Morgan fingerprint density at radius 3 is 1.41 bits per heavy atom. The van der Waals surface area contributed by atoms with Gasteiger partial charge >= 0.3 is 36.3 Å². The van der Waals surface area contributed by atoms with E-state index in [4.69, 9.17) is 0 Å². The van der Waals surface area contributed by atoms with E-state index in [2.05, 4.69) is 14.2 Å². The van der Waals surface area contributed by atoms with Crippen LogP contribution in [0.25, 0.3) is 0 Å². The van der Waals surface area contributed by atoms with Crippen molar-refractivity contribution in [2.45, 2.75) is 76.4 Å². The largest absolute Gasteiger partial charge is 0.439 e. The molecule has 2 fully saturated rings. The number of alkyl halides is 12. The van der Waals surface area contributed by atoms with Gasteiger partial charge in [0, 0.05) is 24.9 Å². The molecular weight excluding hydrogens is 544 g/mol. The first kappa shape index (κ1) is 31.8. The molecule has 0 saturated heterocycles. The third kappa shape index (κ3) is 4.78. The molecule has 2 aliphatic rings. The minimum atomic E-state index is -6.63. The van der Waals surface area contributed by atoms with Crippen molar-refractivity contribution in [3.63, 3.8) is 0 Å². The zero-order valence-electron chi connectivity index (χ0n) is 20.0. The normalized spacial score (nSPS) is 29.6. The Bertz CT molecular complexity index is 788. The van der Waals surface area contributed by atoms with Crippen molar-refractivity contribution in [1.82, 2.24) is 0 Å². The highest BCUT2D eigenvalue weighted by atomic mass is 19.4. The van der Waals surface area contributed by atoms with Crippen molar-refractivity contribution in [1.29, 1.82) is 0 Å². The fraction of sp³-hybridized carbons (Fsp3) is 0.952. The Morgan fingerprint density at radius 2 is 1.08 bits per heavy atom. The number of ether oxygens (including phenoxy) is 3. The molecule has 2 rings (SSSR count). The molecule has 16 heteroatoms. The van der Waals surface area contributed by atoms with Crippen molar-refractivity contribution in [3.05, 3.63) is 0 Å². The minimum Gasteiger partial charge on any atom is -0.439 e. The second-order valence-electron chi connectivity index (χ2n) is 9.38. The molecule has 2 bridgehead atoms. The van der Waals surface area contributed by atoms with Crippen molar-refractivity contribution in [3.8, 4) is 0 Å². The zero-order valence-corrected chi connectivity index (χ0v) is 20.0. The van der Waals surface area contributed by atoms with Crippen molar-refractivity contribution in [2.75, 3.05) is 13.4 Å². The first-order valence-corrected chi connectivity index (χ1v) is 11.3. The fourth-order valence-corrected chi connectivity index (χ4v) is 6.10. The van der Waals surface area contributed by atoms with Crippen LogP contribution in [-0.2, 0) is 19.0 Å². The van der Waals surface area contributed by atoms with Gasteiger partial charge in [-0.1, -0.05) is 20.8 Å². The Labute approximate surface area is 204 Å². The highest BCUT2D eigenvalue weighted by Crippen LogP contribution is 2.72. The van der Waals surface area contributed by atoms with E-state index in [0.717, 1.165) is 20.8 Å². The summed E-state index contributed by atoms with van der Waals surface area (Å²) in [4.78, 5) is 11.9. The van der Waals surface area contributed by atoms with E-state index in [1.807, 2.05) is 0 Å². The van der Waals surface area contributed by atoms with Crippen molar-refractivity contribution in [2.24, 2.45) is 35.5 Å². The number of fused-ring (bicyclic) bond motifs is 2. The molecule has 6 atom stereocenters. The lowest BCUT2D eigenvalue weighted by Crippen LogP contribution is -2.74. The molecule has 0 aromatic rings. The number of halogens is 12. The lowest BCUT2D eigenvalue weighted by Gasteiger charge is -2.54. The van der Waals surface area contributed by atoms with Crippen LogP contribution in [0.2, 0.25) is 0 Å². The maximum atomic E-state index is 14.4. The van der Waals surface area contributed by atoms with E-state index in [0.29, 0.717) is 0 Å². The van der Waals surface area contributed by atoms with Crippen molar-refractivity contribution >= 4 is 5.97 Å². The summed E-state index contributed by atoms with van der Waals surface area (Å²) < 4.78 is 185. The lowest BCUT2D eigenvalue weighted by atomic mass is 9.57. The predicted molar refractivity (Wildman–Crippen MR) is 101 cm³/mol. The molecule has 0 amide bonds. The molecule has 0 aromatic carbocycles. The molecule has 2 aliphatic carbocycles. The van der Waals surface area contributed by atoms with E-state index in [-0.39, 0.29) is 0 Å². The Kier molecular flexibility index (Phi) is 8.53. The summed E-state index contributed by atoms with van der Waals surface area (Å²) in [6.45, 7) is 2.09. The summed E-state index contributed by atoms with van der Waals surface area (Å²) in [5.41, 5.74) is -11.2. The number of rotatable bonds is 8. The summed E-state index contributed by atoms with van der Waals surface area (Å²) in [6.07, 6.45) is -28.2. The van der Waals surface area contributed by atoms with Crippen LogP contribution in [0.5, 0.6) is 0 Å². The monoisotopic (exact) mass is 570 g/mol. The van der Waals surface area contributed by atoms with Gasteiger partial charge in [-0.25, -0.2) is 0 Å². The third-order valence-corrected chi connectivity index (χ3v) is 7.79. The molecule has 218 valence electrons. The highest BCUT2D eigenvalue weighted by molar-refractivity contribution is 5.69. The van der Waals surface area contributed by atoms with Crippen LogP contribution < -0.4 is 0 Å². The van der Waals surface area contributed by atoms with Crippen LogP contribution in [-0.4, -0.2) is 55.3 Å². The van der Waals surface area contributed by atoms with Crippen LogP contribution in [0.4, 0.5) is 52.7 Å². The number of hydrogen-bond donors (Lipinski definition) is 0. The van der Waals surface area contributed by atoms with Gasteiger partial charge in [-0.15, -0.1) is 0 Å². The minimum absolute atomic E-state index is 0.470. The van der Waals surface area contributed by atoms with Gasteiger partial charge in [-0.2, -0.15) is 52.7 Å². The number of carbonyl (C=O) groups excluding carboxylic acids is 1. The fourth-order valence-electron chi connectivity index (χ4n) is 6.10. The Balaban J connectivity index is 3.02. The Hall–Kier alpha value is -1.45. The quantitative estimate of drug-likeness (QED) is 0.139. The molecule has 0 aliphatic heterocycles. The summed E-state index contributed by atoms with van der Waals surface area (Å²) in [7, 11) is 0.